The lowest BCUT2D eigenvalue weighted by Gasteiger charge is -2.41. The van der Waals surface area contributed by atoms with Crippen LogP contribution in [0.5, 0.6) is 0 Å². The number of hydrogen-bond donors (Lipinski definition) is 4. The molecule has 4 unspecified atom stereocenters. The van der Waals surface area contributed by atoms with Crippen LogP contribution >= 0.6 is 11.8 Å². The number of ether oxygens (including phenoxy) is 2. The Morgan fingerprint density at radius 3 is 2.33 bits per heavy atom. The molecule has 0 spiro atoms. The summed E-state index contributed by atoms with van der Waals surface area (Å²) in [6, 6.07) is 24.1. The fourth-order valence-corrected chi connectivity index (χ4v) is 5.58. The van der Waals surface area contributed by atoms with Crippen LogP contribution in [0.15, 0.2) is 72.8 Å². The summed E-state index contributed by atoms with van der Waals surface area (Å²) in [5, 5.41) is 24.3. The van der Waals surface area contributed by atoms with Crippen molar-refractivity contribution in [1.82, 2.24) is 10.6 Å². The van der Waals surface area contributed by atoms with Crippen molar-refractivity contribution in [3.63, 3.8) is 0 Å². The van der Waals surface area contributed by atoms with Gasteiger partial charge in [-0.05, 0) is 40.8 Å². The third-order valence-corrected chi connectivity index (χ3v) is 7.91. The molecule has 208 valence electrons. The van der Waals surface area contributed by atoms with E-state index < -0.39 is 6.29 Å². The van der Waals surface area contributed by atoms with Crippen LogP contribution in [0.4, 0.5) is 4.79 Å². The van der Waals surface area contributed by atoms with E-state index in [1.165, 1.54) is 0 Å². The molecule has 1 aliphatic rings. The maximum Gasteiger partial charge on any atom is 0.315 e. The molecule has 4 N–H and O–H groups in total. The van der Waals surface area contributed by atoms with Gasteiger partial charge < -0.3 is 30.3 Å². The summed E-state index contributed by atoms with van der Waals surface area (Å²) in [5.74, 6) is 1.55. The van der Waals surface area contributed by atoms with Gasteiger partial charge >= 0.3 is 6.03 Å². The Balaban J connectivity index is 1.50. The predicted octanol–water partition coefficient (Wildman–Crippen LogP) is 5.18. The minimum absolute atomic E-state index is 0.00742. The monoisotopic (exact) mass is 550 g/mol. The highest BCUT2D eigenvalue weighted by Crippen LogP contribution is 2.42. The first-order valence-corrected chi connectivity index (χ1v) is 14.6. The molecule has 3 aromatic carbocycles. The standard InChI is InChI=1S/C31H38N2O5S/c1-3-32-31(36)33-18-23-5-4-6-27(17-23)24-11-13-26(14-12-24)30-37-28(20-39-16-15-34)21(2)29(38-30)25-9-7-22(19-35)8-10-25/h4-14,17,21,28-30,34-35H,3,15-16,18-20H2,1-2H3,(H2,32,33,36). The fraction of sp³-hybridized carbons (Fsp3) is 0.387. The van der Waals surface area contributed by atoms with Gasteiger partial charge in [0.2, 0.25) is 0 Å². The van der Waals surface area contributed by atoms with Crippen molar-refractivity contribution in [2.45, 2.75) is 45.5 Å². The van der Waals surface area contributed by atoms with E-state index >= 15 is 0 Å². The molecule has 7 nitrogen and oxygen atoms in total. The lowest BCUT2D eigenvalue weighted by atomic mass is 9.91. The van der Waals surface area contributed by atoms with E-state index in [2.05, 4.69) is 41.8 Å². The summed E-state index contributed by atoms with van der Waals surface area (Å²) in [4.78, 5) is 11.8. The summed E-state index contributed by atoms with van der Waals surface area (Å²) in [6.45, 7) is 5.22. The van der Waals surface area contributed by atoms with Gasteiger partial charge in [0.05, 0.1) is 25.4 Å². The summed E-state index contributed by atoms with van der Waals surface area (Å²) in [7, 11) is 0. The van der Waals surface area contributed by atoms with Crippen molar-refractivity contribution in [3.05, 3.63) is 95.1 Å². The lowest BCUT2D eigenvalue weighted by molar-refractivity contribution is -0.268. The van der Waals surface area contributed by atoms with Gasteiger partial charge in [-0.25, -0.2) is 4.79 Å². The van der Waals surface area contributed by atoms with Crippen LogP contribution < -0.4 is 10.6 Å². The zero-order chi connectivity index (χ0) is 27.6. The van der Waals surface area contributed by atoms with Gasteiger partial charge in [-0.3, -0.25) is 0 Å². The van der Waals surface area contributed by atoms with Crippen molar-refractivity contribution in [3.8, 4) is 11.1 Å². The van der Waals surface area contributed by atoms with Crippen LogP contribution in [0.25, 0.3) is 11.1 Å². The molecule has 0 aromatic heterocycles. The molecule has 0 saturated carbocycles. The number of urea groups is 1. The van der Waals surface area contributed by atoms with Crippen molar-refractivity contribution in [2.75, 3.05) is 24.7 Å². The Morgan fingerprint density at radius 2 is 1.64 bits per heavy atom. The van der Waals surface area contributed by atoms with E-state index in [4.69, 9.17) is 9.47 Å². The third kappa shape index (κ3) is 7.84. The topological polar surface area (TPSA) is 100 Å². The molecule has 4 rings (SSSR count). The Hall–Kier alpha value is -2.88. The number of aliphatic hydroxyl groups excluding tert-OH is 2. The Kier molecular flexibility index (Phi) is 10.8. The average molecular weight is 551 g/mol. The van der Waals surface area contributed by atoms with E-state index in [1.54, 1.807) is 11.8 Å². The van der Waals surface area contributed by atoms with Crippen molar-refractivity contribution >= 4 is 17.8 Å². The number of carbonyl (C=O) groups excluding carboxylic acids is 1. The highest BCUT2D eigenvalue weighted by atomic mass is 32.2. The quantitative estimate of drug-likeness (QED) is 0.246. The van der Waals surface area contributed by atoms with Crippen molar-refractivity contribution < 1.29 is 24.5 Å². The Bertz CT molecular complexity index is 1190. The lowest BCUT2D eigenvalue weighted by Crippen LogP contribution is -2.38. The molecule has 1 saturated heterocycles. The van der Waals surface area contributed by atoms with Crippen LogP contribution in [-0.4, -0.2) is 47.0 Å². The summed E-state index contributed by atoms with van der Waals surface area (Å²) in [6.07, 6.45) is -0.730. The van der Waals surface area contributed by atoms with Crippen LogP contribution in [0.1, 0.15) is 48.5 Å². The number of hydrogen-bond acceptors (Lipinski definition) is 6. The SMILES string of the molecule is CCNC(=O)NCc1cccc(-c2ccc(C3OC(CSCCO)C(C)C(c4ccc(CO)cc4)O3)cc2)c1. The minimum Gasteiger partial charge on any atom is -0.396 e. The van der Waals surface area contributed by atoms with E-state index in [9.17, 15) is 15.0 Å². The zero-order valence-corrected chi connectivity index (χ0v) is 23.3. The molecule has 8 heteroatoms. The number of carbonyl (C=O) groups is 1. The molecule has 0 bridgehead atoms. The zero-order valence-electron chi connectivity index (χ0n) is 22.5. The van der Waals surface area contributed by atoms with Gasteiger partial charge in [-0.2, -0.15) is 11.8 Å². The number of benzene rings is 3. The highest BCUT2D eigenvalue weighted by molar-refractivity contribution is 7.99. The van der Waals surface area contributed by atoms with Crippen LogP contribution in [0, 0.1) is 5.92 Å². The second-order valence-electron chi connectivity index (χ2n) is 9.66. The smallest absolute Gasteiger partial charge is 0.315 e. The molecular formula is C31H38N2O5S. The first-order chi connectivity index (χ1) is 19.0. The fourth-order valence-electron chi connectivity index (χ4n) is 4.67. The molecule has 39 heavy (non-hydrogen) atoms. The van der Waals surface area contributed by atoms with Gasteiger partial charge in [0.1, 0.15) is 0 Å². The largest absolute Gasteiger partial charge is 0.396 e. The maximum atomic E-state index is 11.8. The van der Waals surface area contributed by atoms with Gasteiger partial charge in [-0.15, -0.1) is 0 Å². The van der Waals surface area contributed by atoms with Crippen LogP contribution in [0.3, 0.4) is 0 Å². The first kappa shape index (κ1) is 29.1. The van der Waals surface area contributed by atoms with E-state index in [0.717, 1.165) is 39.1 Å². The summed E-state index contributed by atoms with van der Waals surface area (Å²) >= 11 is 1.68. The number of thioether (sulfide) groups is 1. The van der Waals surface area contributed by atoms with Gasteiger partial charge in [0, 0.05) is 36.1 Å². The van der Waals surface area contributed by atoms with Gasteiger partial charge in [-0.1, -0.05) is 73.7 Å². The number of nitrogens with one attached hydrogen (secondary N) is 2. The number of rotatable bonds is 11. The van der Waals surface area contributed by atoms with Gasteiger partial charge in [0.25, 0.3) is 0 Å². The molecule has 4 atom stereocenters. The molecule has 3 aromatic rings. The van der Waals surface area contributed by atoms with E-state index in [-0.39, 0.29) is 37.4 Å². The first-order valence-electron chi connectivity index (χ1n) is 13.4. The molecule has 2 amide bonds. The van der Waals surface area contributed by atoms with Gasteiger partial charge in [0.15, 0.2) is 6.29 Å². The molecular weight excluding hydrogens is 512 g/mol. The normalized spacial score (nSPS) is 20.9. The Morgan fingerprint density at radius 1 is 0.897 bits per heavy atom. The van der Waals surface area contributed by atoms with Crippen LogP contribution in [-0.2, 0) is 22.6 Å². The predicted molar refractivity (Wildman–Crippen MR) is 155 cm³/mol. The molecule has 1 fully saturated rings. The van der Waals surface area contributed by atoms with E-state index in [0.29, 0.717) is 18.8 Å². The molecule has 0 aliphatic carbocycles. The molecule has 1 aliphatic heterocycles. The molecule has 0 radical (unpaired) electrons. The molecule has 1 heterocycles. The number of amides is 2. The second kappa shape index (κ2) is 14.5. The van der Waals surface area contributed by atoms with E-state index in [1.807, 2.05) is 55.5 Å². The second-order valence-corrected chi connectivity index (χ2v) is 10.8. The van der Waals surface area contributed by atoms with Crippen molar-refractivity contribution in [1.29, 1.82) is 0 Å². The van der Waals surface area contributed by atoms with Crippen LogP contribution in [0.2, 0.25) is 0 Å². The maximum absolute atomic E-state index is 11.8. The number of aliphatic hydroxyl groups is 2. The van der Waals surface area contributed by atoms with Crippen molar-refractivity contribution in [2.24, 2.45) is 5.92 Å². The summed E-state index contributed by atoms with van der Waals surface area (Å²) < 4.78 is 13.0. The highest BCUT2D eigenvalue weighted by Gasteiger charge is 2.38. The Labute approximate surface area is 234 Å². The third-order valence-electron chi connectivity index (χ3n) is 6.87. The summed E-state index contributed by atoms with van der Waals surface area (Å²) in [5.41, 5.74) is 6.01. The minimum atomic E-state index is -0.523. The average Bonchev–Trinajstić information content (AvgIpc) is 2.97.